The van der Waals surface area contributed by atoms with Crippen molar-refractivity contribution in [3.63, 3.8) is 0 Å². The molecule has 0 aliphatic rings. The molecule has 5 heteroatoms. The Kier molecular flexibility index (Phi) is 3.77. The zero-order chi connectivity index (χ0) is 13.8. The molecule has 2 rings (SSSR count). The summed E-state index contributed by atoms with van der Waals surface area (Å²) in [5.41, 5.74) is 11.6. The van der Waals surface area contributed by atoms with E-state index in [0.29, 0.717) is 12.3 Å². The number of ether oxygens (including phenoxy) is 1. The third-order valence-electron chi connectivity index (χ3n) is 2.58. The average molecular weight is 260 g/mol. The zero-order valence-corrected chi connectivity index (χ0v) is 10.1. The second-order valence-electron chi connectivity index (χ2n) is 3.96. The van der Waals surface area contributed by atoms with E-state index in [4.69, 9.17) is 16.2 Å². The monoisotopic (exact) mass is 260 g/mol. The minimum absolute atomic E-state index is 0.0270. The largest absolute Gasteiger partial charge is 0.454 e. The van der Waals surface area contributed by atoms with Crippen LogP contribution in [0, 0.1) is 5.82 Å². The van der Waals surface area contributed by atoms with Gasteiger partial charge in [-0.3, -0.25) is 4.79 Å². The topological polar surface area (TPSA) is 78.3 Å². The third kappa shape index (κ3) is 3.08. The van der Waals surface area contributed by atoms with E-state index in [0.717, 1.165) is 11.6 Å². The predicted molar refractivity (Wildman–Crippen MR) is 69.3 cm³/mol. The number of benzene rings is 2. The molecule has 4 N–H and O–H groups in total. The molecule has 0 fully saturated rings. The quantitative estimate of drug-likeness (QED) is 0.884. The van der Waals surface area contributed by atoms with Crippen molar-refractivity contribution in [2.24, 2.45) is 11.5 Å². The van der Waals surface area contributed by atoms with Gasteiger partial charge in [-0.1, -0.05) is 12.1 Å². The van der Waals surface area contributed by atoms with E-state index in [2.05, 4.69) is 0 Å². The summed E-state index contributed by atoms with van der Waals surface area (Å²) in [6, 6.07) is 10.9. The molecule has 0 atom stereocenters. The van der Waals surface area contributed by atoms with Crippen LogP contribution in [0.25, 0.3) is 0 Å². The molecule has 0 aliphatic heterocycles. The van der Waals surface area contributed by atoms with Crippen molar-refractivity contribution in [3.05, 3.63) is 59.4 Å². The second-order valence-corrected chi connectivity index (χ2v) is 3.96. The highest BCUT2D eigenvalue weighted by Crippen LogP contribution is 2.25. The van der Waals surface area contributed by atoms with Gasteiger partial charge in [-0.2, -0.15) is 0 Å². The summed E-state index contributed by atoms with van der Waals surface area (Å²) in [6.07, 6.45) is 0. The van der Waals surface area contributed by atoms with Crippen LogP contribution in [0.5, 0.6) is 11.5 Å². The molecule has 4 nitrogen and oxygen atoms in total. The van der Waals surface area contributed by atoms with Crippen LogP contribution in [0.1, 0.15) is 15.9 Å². The number of hydrogen-bond donors (Lipinski definition) is 2. The van der Waals surface area contributed by atoms with Gasteiger partial charge in [0.15, 0.2) is 11.6 Å². The molecule has 2 aromatic rings. The van der Waals surface area contributed by atoms with Gasteiger partial charge in [0.25, 0.3) is 0 Å². The lowest BCUT2D eigenvalue weighted by Gasteiger charge is -2.08. The van der Waals surface area contributed by atoms with Crippen LogP contribution in [0.2, 0.25) is 0 Å². The Morgan fingerprint density at radius 2 is 2.00 bits per heavy atom. The molecular weight excluding hydrogens is 247 g/mol. The molecule has 0 saturated heterocycles. The summed E-state index contributed by atoms with van der Waals surface area (Å²) in [7, 11) is 0. The van der Waals surface area contributed by atoms with E-state index in [1.54, 1.807) is 18.2 Å². The number of rotatable bonds is 4. The van der Waals surface area contributed by atoms with Crippen LogP contribution in [0.15, 0.2) is 42.5 Å². The predicted octanol–water partition coefficient (Wildman–Crippen LogP) is 2.18. The van der Waals surface area contributed by atoms with Crippen molar-refractivity contribution in [1.29, 1.82) is 0 Å². The molecular formula is C14H13FN2O2. The molecule has 0 saturated carbocycles. The molecule has 1 amide bonds. The number of nitrogens with two attached hydrogens (primary N) is 2. The normalized spacial score (nSPS) is 10.2. The fraction of sp³-hybridized carbons (Fsp3) is 0.0714. The first kappa shape index (κ1) is 13.0. The van der Waals surface area contributed by atoms with Crippen molar-refractivity contribution in [1.82, 2.24) is 0 Å². The minimum Gasteiger partial charge on any atom is -0.454 e. The van der Waals surface area contributed by atoms with Gasteiger partial charge in [-0.15, -0.1) is 0 Å². The molecule has 0 radical (unpaired) electrons. The lowest BCUT2D eigenvalue weighted by molar-refractivity contribution is 0.1000. The van der Waals surface area contributed by atoms with E-state index in [1.165, 1.54) is 12.1 Å². The molecule has 0 aromatic heterocycles. The van der Waals surface area contributed by atoms with Crippen LogP contribution >= 0.6 is 0 Å². The maximum Gasteiger partial charge on any atom is 0.248 e. The summed E-state index contributed by atoms with van der Waals surface area (Å²) >= 11 is 0. The van der Waals surface area contributed by atoms with Gasteiger partial charge in [0, 0.05) is 12.1 Å². The summed E-state index contributed by atoms with van der Waals surface area (Å²) in [4.78, 5) is 10.9. The highest BCUT2D eigenvalue weighted by atomic mass is 19.1. The van der Waals surface area contributed by atoms with Crippen molar-refractivity contribution in [3.8, 4) is 11.5 Å². The Labute approximate surface area is 109 Å². The fourth-order valence-corrected chi connectivity index (χ4v) is 1.60. The number of amides is 1. The smallest absolute Gasteiger partial charge is 0.248 e. The van der Waals surface area contributed by atoms with Gasteiger partial charge in [-0.25, -0.2) is 4.39 Å². The molecule has 0 unspecified atom stereocenters. The van der Waals surface area contributed by atoms with Crippen molar-refractivity contribution >= 4 is 5.91 Å². The van der Waals surface area contributed by atoms with E-state index >= 15 is 0 Å². The molecule has 0 bridgehead atoms. The number of halogens is 1. The lowest BCUT2D eigenvalue weighted by Crippen LogP contribution is -2.11. The Hall–Kier alpha value is -2.40. The Morgan fingerprint density at radius 3 is 2.63 bits per heavy atom. The molecule has 0 spiro atoms. The summed E-state index contributed by atoms with van der Waals surface area (Å²) in [6.45, 7) is 0.375. The summed E-state index contributed by atoms with van der Waals surface area (Å²) in [5.74, 6) is -0.821. The lowest BCUT2D eigenvalue weighted by atomic mass is 10.2. The van der Waals surface area contributed by atoms with Gasteiger partial charge >= 0.3 is 0 Å². The molecule has 2 aromatic carbocycles. The molecule has 98 valence electrons. The Balaban J connectivity index is 2.25. The number of carbonyl (C=O) groups excluding carboxylic acids is 1. The third-order valence-corrected chi connectivity index (χ3v) is 2.58. The first-order chi connectivity index (χ1) is 9.10. The molecule has 0 aliphatic carbocycles. The summed E-state index contributed by atoms with van der Waals surface area (Å²) in [5, 5.41) is 0. The molecule has 19 heavy (non-hydrogen) atoms. The molecule has 0 heterocycles. The Bertz CT molecular complexity index is 614. The number of hydrogen-bond acceptors (Lipinski definition) is 3. The van der Waals surface area contributed by atoms with Crippen molar-refractivity contribution < 1.29 is 13.9 Å². The highest BCUT2D eigenvalue weighted by Gasteiger charge is 2.09. The second kappa shape index (κ2) is 5.49. The van der Waals surface area contributed by atoms with Crippen molar-refractivity contribution in [2.75, 3.05) is 0 Å². The van der Waals surface area contributed by atoms with Crippen molar-refractivity contribution in [2.45, 2.75) is 6.54 Å². The summed E-state index contributed by atoms with van der Waals surface area (Å²) < 4.78 is 19.1. The van der Waals surface area contributed by atoms with Crippen LogP contribution < -0.4 is 16.2 Å². The van der Waals surface area contributed by atoms with E-state index in [-0.39, 0.29) is 11.3 Å². The van der Waals surface area contributed by atoms with Crippen LogP contribution in [-0.2, 0) is 6.54 Å². The minimum atomic E-state index is -0.685. The maximum absolute atomic E-state index is 13.7. The standard InChI is InChI=1S/C14H13FN2O2/c15-12-7-10(14(17)18)4-5-13(12)19-11-3-1-2-9(6-11)8-16/h1-7H,8,16H2,(H2,17,18). The SMILES string of the molecule is NCc1cccc(Oc2ccc(C(N)=O)cc2F)c1. The van der Waals surface area contributed by atoms with E-state index in [1.807, 2.05) is 6.07 Å². The first-order valence-corrected chi connectivity index (χ1v) is 5.66. The highest BCUT2D eigenvalue weighted by molar-refractivity contribution is 5.92. The number of carbonyl (C=O) groups is 1. The average Bonchev–Trinajstić information content (AvgIpc) is 2.41. The van der Waals surface area contributed by atoms with Gasteiger partial charge in [0.2, 0.25) is 5.91 Å². The Morgan fingerprint density at radius 1 is 1.21 bits per heavy atom. The van der Waals surface area contributed by atoms with Gasteiger partial charge < -0.3 is 16.2 Å². The first-order valence-electron chi connectivity index (χ1n) is 5.66. The maximum atomic E-state index is 13.7. The van der Waals surface area contributed by atoms with Gasteiger partial charge in [0.1, 0.15) is 5.75 Å². The zero-order valence-electron chi connectivity index (χ0n) is 10.1. The van der Waals surface area contributed by atoms with Crippen LogP contribution in [-0.4, -0.2) is 5.91 Å². The van der Waals surface area contributed by atoms with Crippen LogP contribution in [0.3, 0.4) is 0 Å². The van der Waals surface area contributed by atoms with E-state index in [9.17, 15) is 9.18 Å². The fourth-order valence-electron chi connectivity index (χ4n) is 1.60. The van der Waals surface area contributed by atoms with Gasteiger partial charge in [-0.05, 0) is 35.9 Å². The van der Waals surface area contributed by atoms with Gasteiger partial charge in [0.05, 0.1) is 0 Å². The number of primary amides is 1. The van der Waals surface area contributed by atoms with E-state index < -0.39 is 11.7 Å². The van der Waals surface area contributed by atoms with Crippen LogP contribution in [0.4, 0.5) is 4.39 Å².